The summed E-state index contributed by atoms with van der Waals surface area (Å²) >= 11 is 11.9. The van der Waals surface area contributed by atoms with E-state index in [1.54, 1.807) is 12.1 Å². The Hall–Kier alpha value is -2.25. The zero-order valence-electron chi connectivity index (χ0n) is 14.1. The molecule has 1 aliphatic carbocycles. The van der Waals surface area contributed by atoms with E-state index in [1.165, 1.54) is 31.7 Å². The van der Waals surface area contributed by atoms with Crippen LogP contribution in [-0.4, -0.2) is 21.9 Å². The zero-order chi connectivity index (χ0) is 18.5. The number of rotatable bonds is 5. The molecular formula is C17H20Cl2N6O. The van der Waals surface area contributed by atoms with Gasteiger partial charge in [0.15, 0.2) is 11.6 Å². The number of carbonyl (C=O) groups excluding carboxylic acids is 1. The summed E-state index contributed by atoms with van der Waals surface area (Å²) < 4.78 is 0. The number of hydrogen-bond donors (Lipinski definition) is 4. The number of nitrogens with zero attached hydrogens (tertiary/aromatic N) is 2. The third kappa shape index (κ3) is 4.47. The van der Waals surface area contributed by atoms with Crippen LogP contribution in [0, 0.1) is 0 Å². The molecule has 1 heterocycles. The number of aromatic nitrogens is 2. The quantitative estimate of drug-likeness (QED) is 0.573. The van der Waals surface area contributed by atoms with E-state index in [1.807, 2.05) is 0 Å². The van der Waals surface area contributed by atoms with Crippen LogP contribution in [-0.2, 0) is 0 Å². The molecule has 0 saturated heterocycles. The number of nitrogen functional groups attached to an aromatic ring is 1. The van der Waals surface area contributed by atoms with Crippen LogP contribution in [0.2, 0.25) is 10.0 Å². The summed E-state index contributed by atoms with van der Waals surface area (Å²) in [6, 6.07) is 4.99. The predicted octanol–water partition coefficient (Wildman–Crippen LogP) is 3.87. The minimum atomic E-state index is -0.425. The number of amides is 1. The highest BCUT2D eigenvalue weighted by Crippen LogP contribution is 2.27. The maximum Gasteiger partial charge on any atom is 0.271 e. The molecule has 0 unspecified atom stereocenters. The van der Waals surface area contributed by atoms with Crippen molar-refractivity contribution in [1.82, 2.24) is 15.4 Å². The van der Waals surface area contributed by atoms with Crippen LogP contribution in [0.25, 0.3) is 0 Å². The number of hydrogen-bond acceptors (Lipinski definition) is 6. The summed E-state index contributed by atoms with van der Waals surface area (Å²) in [7, 11) is 0. The first-order valence-electron chi connectivity index (χ1n) is 8.43. The number of benzene rings is 1. The monoisotopic (exact) mass is 394 g/mol. The molecule has 3 rings (SSSR count). The average Bonchev–Trinajstić information content (AvgIpc) is 2.63. The van der Waals surface area contributed by atoms with E-state index in [9.17, 15) is 4.79 Å². The van der Waals surface area contributed by atoms with Crippen molar-refractivity contribution >= 4 is 46.4 Å². The molecule has 0 bridgehead atoms. The summed E-state index contributed by atoms with van der Waals surface area (Å²) in [5, 5.41) is 4.07. The van der Waals surface area contributed by atoms with Crippen molar-refractivity contribution in [2.75, 3.05) is 16.5 Å². The van der Waals surface area contributed by atoms with E-state index in [0.29, 0.717) is 28.4 Å². The standard InChI is InChI=1S/C17H20Cl2N6O/c18-10-6-7-12(13(19)8-10)17(26)25-24-16-14(20)15(21-9-22-16)23-11-4-2-1-3-5-11/h6-9,11H,1-5,20H2,(H,25,26)(H2,21,22,23,24). The molecule has 0 spiro atoms. The molecule has 5 N–H and O–H groups in total. The highest BCUT2D eigenvalue weighted by Gasteiger charge is 2.17. The van der Waals surface area contributed by atoms with Gasteiger partial charge in [0, 0.05) is 11.1 Å². The molecule has 1 saturated carbocycles. The second kappa shape index (κ2) is 8.42. The maximum atomic E-state index is 12.3. The second-order valence-corrected chi connectivity index (χ2v) is 7.01. The molecule has 0 aliphatic heterocycles. The fourth-order valence-electron chi connectivity index (χ4n) is 2.91. The largest absolute Gasteiger partial charge is 0.393 e. The van der Waals surface area contributed by atoms with Crippen LogP contribution >= 0.6 is 23.2 Å². The number of hydrazine groups is 1. The van der Waals surface area contributed by atoms with E-state index in [0.717, 1.165) is 12.8 Å². The predicted molar refractivity (Wildman–Crippen MR) is 104 cm³/mol. The van der Waals surface area contributed by atoms with Crippen LogP contribution in [0.4, 0.5) is 17.3 Å². The minimum absolute atomic E-state index is 0.257. The van der Waals surface area contributed by atoms with Crippen molar-refractivity contribution in [1.29, 1.82) is 0 Å². The van der Waals surface area contributed by atoms with Gasteiger partial charge in [0.25, 0.3) is 5.91 Å². The van der Waals surface area contributed by atoms with E-state index in [4.69, 9.17) is 28.9 Å². The SMILES string of the molecule is Nc1c(NNC(=O)c2ccc(Cl)cc2Cl)ncnc1NC1CCCCC1. The lowest BCUT2D eigenvalue weighted by molar-refractivity contribution is 0.0962. The van der Waals surface area contributed by atoms with Gasteiger partial charge in [-0.3, -0.25) is 15.6 Å². The van der Waals surface area contributed by atoms with E-state index >= 15 is 0 Å². The molecule has 9 heteroatoms. The lowest BCUT2D eigenvalue weighted by Crippen LogP contribution is -2.31. The highest BCUT2D eigenvalue weighted by molar-refractivity contribution is 6.36. The molecule has 1 aliphatic rings. The first-order chi connectivity index (χ1) is 12.5. The zero-order valence-corrected chi connectivity index (χ0v) is 15.6. The molecule has 0 radical (unpaired) electrons. The molecule has 1 fully saturated rings. The summed E-state index contributed by atoms with van der Waals surface area (Å²) in [6.45, 7) is 0. The Morgan fingerprint density at radius 1 is 1.12 bits per heavy atom. The van der Waals surface area contributed by atoms with Crippen molar-refractivity contribution in [3.63, 3.8) is 0 Å². The van der Waals surface area contributed by atoms with Crippen molar-refractivity contribution < 1.29 is 4.79 Å². The van der Waals surface area contributed by atoms with E-state index < -0.39 is 5.91 Å². The van der Waals surface area contributed by atoms with Crippen LogP contribution in [0.15, 0.2) is 24.5 Å². The minimum Gasteiger partial charge on any atom is -0.393 e. The fraction of sp³-hybridized carbons (Fsp3) is 0.353. The Balaban J connectivity index is 1.66. The number of halogens is 2. The number of anilines is 3. The van der Waals surface area contributed by atoms with Gasteiger partial charge in [0.1, 0.15) is 12.0 Å². The van der Waals surface area contributed by atoms with Crippen LogP contribution in [0.3, 0.4) is 0 Å². The average molecular weight is 395 g/mol. The molecule has 7 nitrogen and oxygen atoms in total. The first-order valence-corrected chi connectivity index (χ1v) is 9.18. The van der Waals surface area contributed by atoms with E-state index in [2.05, 4.69) is 26.1 Å². The lowest BCUT2D eigenvalue weighted by atomic mass is 9.95. The maximum absolute atomic E-state index is 12.3. The Kier molecular flexibility index (Phi) is 6.00. The number of nitrogens with two attached hydrogens (primary N) is 1. The molecule has 26 heavy (non-hydrogen) atoms. The Morgan fingerprint density at radius 2 is 1.85 bits per heavy atom. The third-order valence-corrected chi connectivity index (χ3v) is 4.85. The van der Waals surface area contributed by atoms with Crippen molar-refractivity contribution in [3.05, 3.63) is 40.1 Å². The summed E-state index contributed by atoms with van der Waals surface area (Å²) in [6.07, 6.45) is 7.25. The van der Waals surface area contributed by atoms with Gasteiger partial charge in [0.05, 0.1) is 10.6 Å². The summed E-state index contributed by atoms with van der Waals surface area (Å²) in [5.74, 6) is 0.455. The van der Waals surface area contributed by atoms with Gasteiger partial charge in [-0.1, -0.05) is 42.5 Å². The van der Waals surface area contributed by atoms with Gasteiger partial charge < -0.3 is 11.1 Å². The van der Waals surface area contributed by atoms with Gasteiger partial charge in [-0.25, -0.2) is 9.97 Å². The molecule has 138 valence electrons. The molecule has 2 aromatic rings. The first kappa shape index (κ1) is 18.5. The smallest absolute Gasteiger partial charge is 0.271 e. The van der Waals surface area contributed by atoms with Gasteiger partial charge in [-0.05, 0) is 31.0 Å². The van der Waals surface area contributed by atoms with Crippen LogP contribution in [0.5, 0.6) is 0 Å². The molecule has 1 aromatic carbocycles. The Bertz CT molecular complexity index is 795. The second-order valence-electron chi connectivity index (χ2n) is 6.17. The normalized spacial score (nSPS) is 14.7. The van der Waals surface area contributed by atoms with Crippen molar-refractivity contribution in [2.45, 2.75) is 38.1 Å². The van der Waals surface area contributed by atoms with Gasteiger partial charge in [-0.15, -0.1) is 0 Å². The molecule has 1 amide bonds. The van der Waals surface area contributed by atoms with Gasteiger partial charge in [-0.2, -0.15) is 0 Å². The van der Waals surface area contributed by atoms with Gasteiger partial charge in [0.2, 0.25) is 0 Å². The Labute approximate surface area is 161 Å². The summed E-state index contributed by atoms with van der Waals surface area (Å²) in [5.41, 5.74) is 12.0. The third-order valence-electron chi connectivity index (χ3n) is 4.30. The van der Waals surface area contributed by atoms with Crippen molar-refractivity contribution in [2.24, 2.45) is 0 Å². The number of nitrogens with one attached hydrogen (secondary N) is 3. The molecule has 0 atom stereocenters. The highest BCUT2D eigenvalue weighted by atomic mass is 35.5. The lowest BCUT2D eigenvalue weighted by Gasteiger charge is -2.24. The molecular weight excluding hydrogens is 375 g/mol. The topological polar surface area (TPSA) is 105 Å². The van der Waals surface area contributed by atoms with Crippen LogP contribution in [0.1, 0.15) is 42.5 Å². The van der Waals surface area contributed by atoms with E-state index in [-0.39, 0.29) is 10.6 Å². The van der Waals surface area contributed by atoms with Gasteiger partial charge >= 0.3 is 0 Å². The van der Waals surface area contributed by atoms with Crippen LogP contribution < -0.4 is 21.9 Å². The molecule has 1 aromatic heterocycles. The number of carbonyl (C=O) groups is 1. The Morgan fingerprint density at radius 3 is 2.58 bits per heavy atom. The van der Waals surface area contributed by atoms with Crippen molar-refractivity contribution in [3.8, 4) is 0 Å². The fourth-order valence-corrected chi connectivity index (χ4v) is 3.40. The summed E-state index contributed by atoms with van der Waals surface area (Å²) in [4.78, 5) is 20.5.